The summed E-state index contributed by atoms with van der Waals surface area (Å²) >= 11 is 1.47. The Balaban J connectivity index is 1.09. The lowest BCUT2D eigenvalue weighted by molar-refractivity contribution is -0.138. The fraction of sp³-hybridized carbons (Fsp3) is 0.400. The molecule has 0 radical (unpaired) electrons. The minimum atomic E-state index is -4.57. The molecule has 1 saturated carbocycles. The smallest absolute Gasteiger partial charge is 0.305 e. The maximum atomic E-state index is 13.8. The third kappa shape index (κ3) is 10.7. The molecule has 2 aromatic heterocycles. The summed E-state index contributed by atoms with van der Waals surface area (Å²) in [7, 11) is -2.99. The Labute approximate surface area is 350 Å². The number of thiazole rings is 1. The van der Waals surface area contributed by atoms with Crippen LogP contribution in [0, 0.1) is 5.92 Å². The van der Waals surface area contributed by atoms with E-state index in [0.29, 0.717) is 34.9 Å². The van der Waals surface area contributed by atoms with E-state index in [-0.39, 0.29) is 55.7 Å². The SMILES string of the molecule is C=C[C@@H]1C[C@]1(NC(=O)[C@@H]1C[C@@H](Oc2cc(-c3csc(NC(C)C)n3)nc3cc(OC)ccc23)CN1)C(=O)NS(=O)(=O)c1ccccc1NC(=O)COCCOCCC(=O)O. The van der Waals surface area contributed by atoms with Gasteiger partial charge in [0.05, 0.1) is 56.3 Å². The van der Waals surface area contributed by atoms with Crippen LogP contribution in [0.1, 0.15) is 33.1 Å². The number of carboxylic acid groups (broad SMARTS) is 1. The fourth-order valence-electron chi connectivity index (χ4n) is 6.55. The molecule has 2 aromatic carbocycles. The van der Waals surface area contributed by atoms with Crippen molar-refractivity contribution in [1.82, 2.24) is 25.3 Å². The summed E-state index contributed by atoms with van der Waals surface area (Å²) in [4.78, 5) is 59.8. The number of aromatic nitrogens is 2. The predicted molar refractivity (Wildman–Crippen MR) is 222 cm³/mol. The van der Waals surface area contributed by atoms with Crippen LogP contribution in [0.15, 0.2) is 71.5 Å². The van der Waals surface area contributed by atoms with Gasteiger partial charge in [-0.1, -0.05) is 18.2 Å². The molecule has 4 aromatic rings. The number of benzene rings is 2. The number of carbonyl (C=O) groups excluding carboxylic acids is 3. The molecule has 0 spiro atoms. The molecule has 3 heterocycles. The molecule has 320 valence electrons. The number of carboxylic acids is 1. The summed E-state index contributed by atoms with van der Waals surface area (Å²) in [5.41, 5.74) is 0.205. The van der Waals surface area contributed by atoms with Crippen LogP contribution in [-0.2, 0) is 38.7 Å². The van der Waals surface area contributed by atoms with Gasteiger partial charge in [0.2, 0.25) is 11.8 Å². The lowest BCUT2D eigenvalue weighted by Gasteiger charge is -2.21. The molecular formula is C40H47N7O11S2. The maximum absolute atomic E-state index is 13.8. The van der Waals surface area contributed by atoms with Crippen molar-refractivity contribution in [2.45, 2.75) is 61.7 Å². The third-order valence-corrected chi connectivity index (χ3v) is 11.8. The highest BCUT2D eigenvalue weighted by atomic mass is 32.2. The van der Waals surface area contributed by atoms with Crippen molar-refractivity contribution in [3.63, 3.8) is 0 Å². The highest BCUT2D eigenvalue weighted by molar-refractivity contribution is 7.90. The number of amides is 3. The first-order valence-electron chi connectivity index (χ1n) is 19.1. The second-order valence-corrected chi connectivity index (χ2v) is 17.0. The largest absolute Gasteiger partial charge is 0.497 e. The van der Waals surface area contributed by atoms with Crippen molar-refractivity contribution in [3.8, 4) is 22.9 Å². The molecule has 2 fully saturated rings. The van der Waals surface area contributed by atoms with Crippen LogP contribution >= 0.6 is 11.3 Å². The summed E-state index contributed by atoms with van der Waals surface area (Å²) in [6, 6.07) is 12.2. The third-order valence-electron chi connectivity index (χ3n) is 9.65. The van der Waals surface area contributed by atoms with E-state index in [1.54, 1.807) is 7.11 Å². The van der Waals surface area contributed by atoms with Gasteiger partial charge in [-0.15, -0.1) is 17.9 Å². The van der Waals surface area contributed by atoms with Crippen molar-refractivity contribution < 1.29 is 51.6 Å². The molecule has 1 saturated heterocycles. The predicted octanol–water partition coefficient (Wildman–Crippen LogP) is 3.31. The van der Waals surface area contributed by atoms with E-state index in [0.717, 1.165) is 10.5 Å². The lowest BCUT2D eigenvalue weighted by Crippen LogP contribution is -2.55. The number of hydrogen-bond acceptors (Lipinski definition) is 15. The molecule has 2 aliphatic rings. The van der Waals surface area contributed by atoms with Crippen molar-refractivity contribution in [1.29, 1.82) is 0 Å². The van der Waals surface area contributed by atoms with Gasteiger partial charge in [0.1, 0.15) is 40.3 Å². The van der Waals surface area contributed by atoms with Gasteiger partial charge in [-0.05, 0) is 44.5 Å². The van der Waals surface area contributed by atoms with Gasteiger partial charge in [-0.3, -0.25) is 19.2 Å². The van der Waals surface area contributed by atoms with Crippen molar-refractivity contribution in [3.05, 3.63) is 66.6 Å². The summed E-state index contributed by atoms with van der Waals surface area (Å²) < 4.78 is 51.6. The Morgan fingerprint density at radius 2 is 1.85 bits per heavy atom. The van der Waals surface area contributed by atoms with E-state index in [1.807, 2.05) is 43.5 Å². The van der Waals surface area contributed by atoms with E-state index in [1.165, 1.54) is 41.7 Å². The number of sulfonamides is 1. The second kappa shape index (κ2) is 19.1. The Hall–Kier alpha value is -5.67. The average Bonchev–Trinajstić information content (AvgIpc) is 3.45. The zero-order valence-corrected chi connectivity index (χ0v) is 34.8. The summed E-state index contributed by atoms with van der Waals surface area (Å²) in [6.07, 6.45) is 1.21. The van der Waals surface area contributed by atoms with Gasteiger partial charge < -0.3 is 45.3 Å². The van der Waals surface area contributed by atoms with Crippen LogP contribution < -0.4 is 35.5 Å². The van der Waals surface area contributed by atoms with E-state index in [2.05, 4.69) is 32.6 Å². The zero-order chi connectivity index (χ0) is 43.0. The highest BCUT2D eigenvalue weighted by Crippen LogP contribution is 2.45. The maximum Gasteiger partial charge on any atom is 0.305 e. The molecule has 20 heteroatoms. The summed E-state index contributed by atoms with van der Waals surface area (Å²) in [5.74, 6) is -2.55. The number of carbonyl (C=O) groups is 4. The van der Waals surface area contributed by atoms with Gasteiger partial charge in [0, 0.05) is 47.8 Å². The van der Waals surface area contributed by atoms with E-state index < -0.39 is 63.9 Å². The van der Waals surface area contributed by atoms with Crippen LogP contribution in [0.5, 0.6) is 11.5 Å². The van der Waals surface area contributed by atoms with Gasteiger partial charge in [-0.2, -0.15) is 0 Å². The lowest BCUT2D eigenvalue weighted by atomic mass is 10.1. The molecule has 6 rings (SSSR count). The molecule has 0 bridgehead atoms. The normalized spacial score (nSPS) is 19.7. The van der Waals surface area contributed by atoms with Crippen molar-refractivity contribution in [2.24, 2.45) is 5.92 Å². The number of nitrogens with zero attached hydrogens (tertiary/aromatic N) is 2. The minimum Gasteiger partial charge on any atom is -0.497 e. The molecule has 3 amide bonds. The quantitative estimate of drug-likeness (QED) is 0.0520. The van der Waals surface area contributed by atoms with Gasteiger partial charge in [0.15, 0.2) is 5.13 Å². The first-order valence-corrected chi connectivity index (χ1v) is 21.5. The van der Waals surface area contributed by atoms with E-state index >= 15 is 0 Å². The fourth-order valence-corrected chi connectivity index (χ4v) is 8.61. The zero-order valence-electron chi connectivity index (χ0n) is 33.2. The van der Waals surface area contributed by atoms with Gasteiger partial charge in [0.25, 0.3) is 15.9 Å². The standard InChI is InChI=1S/C40H47N7O11S2/c1-5-24-19-40(24,38(52)47-60(53,54)34-9-7-6-8-28(34)44-35(48)21-57-15-14-56-13-12-36(49)50)46-37(51)31-17-26(20-41-31)58-33-18-30(32-22-59-39(45-32)42-23(2)3)43-29-16-25(55-4)10-11-27(29)33/h5-11,16,18,22-24,26,31,41H,1,12-15,17,19-21H2,2-4H3,(H,42,45)(H,44,48)(H,46,51)(H,47,52)(H,49,50)/t24-,26-,31+,40-/m1/s1. The number of nitrogens with one attached hydrogen (secondary N) is 5. The first-order chi connectivity index (χ1) is 28.7. The van der Waals surface area contributed by atoms with Crippen molar-refractivity contribution in [2.75, 3.05) is 50.7 Å². The molecule has 60 heavy (non-hydrogen) atoms. The second-order valence-electron chi connectivity index (χ2n) is 14.5. The first kappa shape index (κ1) is 43.9. The van der Waals surface area contributed by atoms with Crippen LogP contribution in [0.3, 0.4) is 0 Å². The van der Waals surface area contributed by atoms with Gasteiger partial charge in [-0.25, -0.2) is 23.1 Å². The summed E-state index contributed by atoms with van der Waals surface area (Å²) in [6.45, 7) is 7.72. The van der Waals surface area contributed by atoms with Crippen LogP contribution in [0.4, 0.5) is 10.8 Å². The summed E-state index contributed by atoms with van der Waals surface area (Å²) in [5, 5.41) is 23.8. The number of ether oxygens (including phenoxy) is 4. The Morgan fingerprint density at radius 3 is 2.58 bits per heavy atom. The number of pyridine rings is 1. The monoisotopic (exact) mass is 865 g/mol. The minimum absolute atomic E-state index is 0.00429. The molecule has 18 nitrogen and oxygen atoms in total. The highest BCUT2D eigenvalue weighted by Gasteiger charge is 2.61. The molecule has 4 atom stereocenters. The molecule has 0 unspecified atom stereocenters. The number of methoxy groups -OCH3 is 1. The molecule has 6 N–H and O–H groups in total. The van der Waals surface area contributed by atoms with E-state index in [9.17, 15) is 27.6 Å². The number of fused-ring (bicyclic) bond motifs is 1. The van der Waals surface area contributed by atoms with Crippen LogP contribution in [0.25, 0.3) is 22.3 Å². The number of aliphatic carboxylic acids is 1. The average molecular weight is 866 g/mol. The number of rotatable bonds is 21. The van der Waals surface area contributed by atoms with Crippen LogP contribution in [-0.4, -0.2) is 111 Å². The molecule has 1 aliphatic heterocycles. The van der Waals surface area contributed by atoms with Crippen LogP contribution in [0.2, 0.25) is 0 Å². The Morgan fingerprint density at radius 1 is 1.07 bits per heavy atom. The Kier molecular flexibility index (Phi) is 14.0. The number of para-hydroxylation sites is 1. The number of hydrogen-bond donors (Lipinski definition) is 6. The van der Waals surface area contributed by atoms with E-state index in [4.69, 9.17) is 34.0 Å². The number of anilines is 2. The molecule has 1 aliphatic carbocycles. The molecular weight excluding hydrogens is 819 g/mol. The topological polar surface area (TPSA) is 245 Å². The van der Waals surface area contributed by atoms with Gasteiger partial charge >= 0.3 is 5.97 Å². The Bertz CT molecular complexity index is 2360. The van der Waals surface area contributed by atoms with Crippen molar-refractivity contribution >= 4 is 66.8 Å².